The van der Waals surface area contributed by atoms with E-state index in [1.165, 1.54) is 0 Å². The van der Waals surface area contributed by atoms with E-state index in [-0.39, 0.29) is 0 Å². The average Bonchev–Trinajstić information content (AvgIpc) is 2.77. The van der Waals surface area contributed by atoms with Crippen molar-refractivity contribution in [2.24, 2.45) is 5.92 Å². The predicted molar refractivity (Wildman–Crippen MR) is 73.5 cm³/mol. The summed E-state index contributed by atoms with van der Waals surface area (Å²) < 4.78 is 0. The second-order valence-corrected chi connectivity index (χ2v) is 5.83. The van der Waals surface area contributed by atoms with Crippen molar-refractivity contribution in [1.29, 1.82) is 0 Å². The summed E-state index contributed by atoms with van der Waals surface area (Å²) in [6.45, 7) is 7.40. The highest BCUT2D eigenvalue weighted by atomic mass is 16.2. The van der Waals surface area contributed by atoms with Crippen LogP contribution >= 0.6 is 0 Å². The number of likely N-dealkylation sites (N-methyl/N-ethyl adjacent to an activating group) is 1. The zero-order valence-electron chi connectivity index (χ0n) is 11.8. The molecule has 2 unspecified atom stereocenters. The third kappa shape index (κ3) is 3.45. The van der Waals surface area contributed by atoms with E-state index >= 15 is 0 Å². The number of hydrogen-bond acceptors (Lipinski definition) is 3. The summed E-state index contributed by atoms with van der Waals surface area (Å²) in [5, 5.41) is 3.35. The van der Waals surface area contributed by atoms with Gasteiger partial charge in [0.25, 0.3) is 0 Å². The van der Waals surface area contributed by atoms with Gasteiger partial charge in [0.1, 0.15) is 0 Å². The molecule has 2 atom stereocenters. The monoisotopic (exact) mass is 253 g/mol. The molecule has 4 heteroatoms. The van der Waals surface area contributed by atoms with Crippen LogP contribution in [0.3, 0.4) is 0 Å². The van der Waals surface area contributed by atoms with Crippen LogP contribution in [0.1, 0.15) is 32.6 Å². The van der Waals surface area contributed by atoms with E-state index in [9.17, 15) is 4.79 Å². The van der Waals surface area contributed by atoms with Crippen molar-refractivity contribution < 1.29 is 4.79 Å². The van der Waals surface area contributed by atoms with Crippen molar-refractivity contribution in [3.05, 3.63) is 0 Å². The topological polar surface area (TPSA) is 35.6 Å². The summed E-state index contributed by atoms with van der Waals surface area (Å²) in [4.78, 5) is 17.0. The molecule has 0 radical (unpaired) electrons. The van der Waals surface area contributed by atoms with Crippen molar-refractivity contribution in [2.75, 3.05) is 39.8 Å². The number of amides is 1. The van der Waals surface area contributed by atoms with Crippen molar-refractivity contribution in [3.63, 3.8) is 0 Å². The third-order valence-electron chi connectivity index (χ3n) is 4.32. The zero-order valence-corrected chi connectivity index (χ0v) is 11.8. The molecule has 1 amide bonds. The van der Waals surface area contributed by atoms with Crippen molar-refractivity contribution in [2.45, 2.75) is 38.6 Å². The average molecular weight is 253 g/mol. The molecule has 18 heavy (non-hydrogen) atoms. The van der Waals surface area contributed by atoms with Crippen LogP contribution in [0.15, 0.2) is 0 Å². The molecule has 2 heterocycles. The SMILES string of the molecule is CCC1CN(C)CCCN1C(=O)CC1CCNC1. The van der Waals surface area contributed by atoms with Crippen LogP contribution in [0.4, 0.5) is 0 Å². The molecule has 104 valence electrons. The van der Waals surface area contributed by atoms with E-state index in [1.807, 2.05) is 0 Å². The maximum atomic E-state index is 12.5. The highest BCUT2D eigenvalue weighted by Crippen LogP contribution is 2.18. The Labute approximate surface area is 111 Å². The van der Waals surface area contributed by atoms with Gasteiger partial charge in [-0.25, -0.2) is 0 Å². The molecule has 2 aliphatic rings. The van der Waals surface area contributed by atoms with E-state index in [4.69, 9.17) is 0 Å². The maximum absolute atomic E-state index is 12.5. The first kappa shape index (κ1) is 13.8. The van der Waals surface area contributed by atoms with Gasteiger partial charge in [-0.3, -0.25) is 4.79 Å². The van der Waals surface area contributed by atoms with Gasteiger partial charge in [-0.2, -0.15) is 0 Å². The molecular formula is C14H27N3O. The maximum Gasteiger partial charge on any atom is 0.223 e. The fourth-order valence-electron chi connectivity index (χ4n) is 3.17. The molecular weight excluding hydrogens is 226 g/mol. The molecule has 0 aromatic rings. The number of rotatable bonds is 3. The lowest BCUT2D eigenvalue weighted by molar-refractivity contribution is -0.134. The summed E-state index contributed by atoms with van der Waals surface area (Å²) >= 11 is 0. The molecule has 2 aliphatic heterocycles. The lowest BCUT2D eigenvalue weighted by Gasteiger charge is -2.31. The fraction of sp³-hybridized carbons (Fsp3) is 0.929. The van der Waals surface area contributed by atoms with Gasteiger partial charge in [0.2, 0.25) is 5.91 Å². The Balaban J connectivity index is 1.92. The Morgan fingerprint density at radius 3 is 2.89 bits per heavy atom. The van der Waals surface area contributed by atoms with Gasteiger partial charge in [-0.15, -0.1) is 0 Å². The van der Waals surface area contributed by atoms with Gasteiger partial charge >= 0.3 is 0 Å². The second-order valence-electron chi connectivity index (χ2n) is 5.83. The third-order valence-corrected chi connectivity index (χ3v) is 4.32. The Morgan fingerprint density at radius 1 is 1.39 bits per heavy atom. The molecule has 0 aromatic carbocycles. The van der Waals surface area contributed by atoms with Crippen molar-refractivity contribution >= 4 is 5.91 Å². The van der Waals surface area contributed by atoms with Gasteiger partial charge in [0.15, 0.2) is 0 Å². The molecule has 0 aliphatic carbocycles. The first-order chi connectivity index (χ1) is 8.70. The van der Waals surface area contributed by atoms with Crippen LogP contribution in [-0.4, -0.2) is 61.5 Å². The Bertz CT molecular complexity index is 276. The number of carbonyl (C=O) groups is 1. The molecule has 2 fully saturated rings. The number of hydrogen-bond donors (Lipinski definition) is 1. The normalized spacial score (nSPS) is 30.4. The minimum absolute atomic E-state index is 0.380. The summed E-state index contributed by atoms with van der Waals surface area (Å²) in [5.74, 6) is 0.946. The minimum atomic E-state index is 0.380. The fourth-order valence-corrected chi connectivity index (χ4v) is 3.17. The molecule has 0 bridgehead atoms. The van der Waals surface area contributed by atoms with E-state index < -0.39 is 0 Å². The number of nitrogens with one attached hydrogen (secondary N) is 1. The van der Waals surface area contributed by atoms with Gasteiger partial charge in [0.05, 0.1) is 0 Å². The second kappa shape index (κ2) is 6.53. The molecule has 1 N–H and O–H groups in total. The molecule has 2 rings (SSSR count). The molecule has 4 nitrogen and oxygen atoms in total. The predicted octanol–water partition coefficient (Wildman–Crippen LogP) is 0.929. The van der Waals surface area contributed by atoms with Crippen molar-refractivity contribution in [3.8, 4) is 0 Å². The van der Waals surface area contributed by atoms with E-state index in [2.05, 4.69) is 29.1 Å². The molecule has 0 spiro atoms. The van der Waals surface area contributed by atoms with Crippen LogP contribution < -0.4 is 5.32 Å². The van der Waals surface area contributed by atoms with Crippen LogP contribution in [0.25, 0.3) is 0 Å². The first-order valence-corrected chi connectivity index (χ1v) is 7.39. The molecule has 0 saturated carbocycles. The van der Waals surface area contributed by atoms with E-state index in [1.54, 1.807) is 0 Å². The Hall–Kier alpha value is -0.610. The van der Waals surface area contributed by atoms with Crippen molar-refractivity contribution in [1.82, 2.24) is 15.1 Å². The summed E-state index contributed by atoms with van der Waals surface area (Å²) in [6, 6.07) is 0.416. The van der Waals surface area contributed by atoms with E-state index in [0.29, 0.717) is 17.9 Å². The van der Waals surface area contributed by atoms with Crippen LogP contribution in [0.2, 0.25) is 0 Å². The summed E-state index contributed by atoms with van der Waals surface area (Å²) in [5.41, 5.74) is 0. The highest BCUT2D eigenvalue weighted by Gasteiger charge is 2.28. The first-order valence-electron chi connectivity index (χ1n) is 7.39. The van der Waals surface area contributed by atoms with Gasteiger partial charge < -0.3 is 15.1 Å². The van der Waals surface area contributed by atoms with Gasteiger partial charge in [0, 0.05) is 25.6 Å². The van der Waals surface area contributed by atoms with Crippen LogP contribution in [-0.2, 0) is 4.79 Å². The number of nitrogens with zero attached hydrogens (tertiary/aromatic N) is 2. The smallest absolute Gasteiger partial charge is 0.223 e. The molecule has 0 aromatic heterocycles. The Morgan fingerprint density at radius 2 is 2.22 bits per heavy atom. The van der Waals surface area contributed by atoms with Crippen LogP contribution in [0.5, 0.6) is 0 Å². The van der Waals surface area contributed by atoms with Gasteiger partial charge in [-0.1, -0.05) is 6.92 Å². The minimum Gasteiger partial charge on any atom is -0.338 e. The lowest BCUT2D eigenvalue weighted by atomic mass is 10.0. The zero-order chi connectivity index (χ0) is 13.0. The number of carbonyl (C=O) groups excluding carboxylic acids is 1. The van der Waals surface area contributed by atoms with E-state index in [0.717, 1.165) is 58.4 Å². The summed E-state index contributed by atoms with van der Waals surface area (Å²) in [6.07, 6.45) is 4.09. The lowest BCUT2D eigenvalue weighted by Crippen LogP contribution is -2.44. The Kier molecular flexibility index (Phi) is 5.01. The molecule has 2 saturated heterocycles. The van der Waals surface area contributed by atoms with Gasteiger partial charge in [-0.05, 0) is 51.9 Å². The highest BCUT2D eigenvalue weighted by molar-refractivity contribution is 5.77. The summed E-state index contributed by atoms with van der Waals surface area (Å²) in [7, 11) is 2.16. The quantitative estimate of drug-likeness (QED) is 0.813. The van der Waals surface area contributed by atoms with Crippen LogP contribution in [0, 0.1) is 5.92 Å². The largest absolute Gasteiger partial charge is 0.338 e. The standard InChI is InChI=1S/C14H27N3O/c1-3-13-11-16(2)7-4-8-17(13)14(18)9-12-5-6-15-10-12/h12-13,15H,3-11H2,1-2H3.